The standard InChI is InChI=1S/C26H22Cl2N2O4S/c27-20-13-14-23(28)24(17-20)30(35(32,33)21-9-2-1-3-10-21)18-26(31)29-15-16-34-25-12-6-8-19-7-4-5-11-22(19)25/h1-14,17H,15-16,18H2,(H,29,31). The van der Waals surface area contributed by atoms with Gasteiger partial charge in [0.1, 0.15) is 18.9 Å². The van der Waals surface area contributed by atoms with Crippen molar-refractivity contribution in [1.82, 2.24) is 5.32 Å². The zero-order valence-electron chi connectivity index (χ0n) is 18.5. The van der Waals surface area contributed by atoms with Gasteiger partial charge in [-0.1, -0.05) is 77.8 Å². The molecular weight excluding hydrogens is 507 g/mol. The molecule has 0 spiro atoms. The molecule has 0 saturated carbocycles. The fourth-order valence-electron chi connectivity index (χ4n) is 3.56. The Balaban J connectivity index is 1.47. The maximum absolute atomic E-state index is 13.4. The van der Waals surface area contributed by atoms with Gasteiger partial charge in [-0.05, 0) is 41.8 Å². The van der Waals surface area contributed by atoms with Gasteiger partial charge in [0.2, 0.25) is 5.91 Å². The maximum atomic E-state index is 13.4. The maximum Gasteiger partial charge on any atom is 0.264 e. The van der Waals surface area contributed by atoms with Gasteiger partial charge in [0, 0.05) is 10.4 Å². The monoisotopic (exact) mass is 528 g/mol. The first kappa shape index (κ1) is 24.9. The average molecular weight is 529 g/mol. The number of amides is 1. The highest BCUT2D eigenvalue weighted by Crippen LogP contribution is 2.33. The fourth-order valence-corrected chi connectivity index (χ4v) is 5.44. The number of carbonyl (C=O) groups is 1. The number of halogens is 2. The number of anilines is 1. The Labute approximate surface area is 214 Å². The van der Waals surface area contributed by atoms with Gasteiger partial charge >= 0.3 is 0 Å². The molecule has 35 heavy (non-hydrogen) atoms. The van der Waals surface area contributed by atoms with Crippen molar-refractivity contribution in [3.05, 3.63) is 101 Å². The van der Waals surface area contributed by atoms with Gasteiger partial charge in [0.15, 0.2) is 0 Å². The third-order valence-corrected chi connectivity index (χ3v) is 7.56. The number of nitrogens with one attached hydrogen (secondary N) is 1. The van der Waals surface area contributed by atoms with Gasteiger partial charge in [-0.25, -0.2) is 8.42 Å². The molecule has 4 aromatic rings. The van der Waals surface area contributed by atoms with Gasteiger partial charge in [-0.15, -0.1) is 0 Å². The molecule has 0 heterocycles. The first-order valence-corrected chi connectivity index (χ1v) is 13.0. The summed E-state index contributed by atoms with van der Waals surface area (Å²) in [4.78, 5) is 12.8. The number of fused-ring (bicyclic) bond motifs is 1. The summed E-state index contributed by atoms with van der Waals surface area (Å²) in [5.74, 6) is 0.193. The molecule has 180 valence electrons. The van der Waals surface area contributed by atoms with E-state index in [-0.39, 0.29) is 28.8 Å². The summed E-state index contributed by atoms with van der Waals surface area (Å²) in [5.41, 5.74) is 0.116. The smallest absolute Gasteiger partial charge is 0.264 e. The van der Waals surface area contributed by atoms with E-state index in [9.17, 15) is 13.2 Å². The van der Waals surface area contributed by atoms with Gasteiger partial charge in [0.05, 0.1) is 22.2 Å². The summed E-state index contributed by atoms with van der Waals surface area (Å²) < 4.78 is 33.6. The Morgan fingerprint density at radius 1 is 0.886 bits per heavy atom. The molecule has 9 heteroatoms. The highest BCUT2D eigenvalue weighted by atomic mass is 35.5. The van der Waals surface area contributed by atoms with Crippen LogP contribution in [0.4, 0.5) is 5.69 Å². The predicted octanol–water partition coefficient (Wildman–Crippen LogP) is 5.54. The van der Waals surface area contributed by atoms with Gasteiger partial charge < -0.3 is 10.1 Å². The number of hydrogen-bond donors (Lipinski definition) is 1. The lowest BCUT2D eigenvalue weighted by Gasteiger charge is -2.25. The minimum atomic E-state index is -4.09. The van der Waals surface area contributed by atoms with Crippen molar-refractivity contribution in [1.29, 1.82) is 0 Å². The lowest BCUT2D eigenvalue weighted by atomic mass is 10.1. The number of rotatable bonds is 9. The highest BCUT2D eigenvalue weighted by molar-refractivity contribution is 7.92. The van der Waals surface area contributed by atoms with E-state index in [2.05, 4.69) is 5.32 Å². The van der Waals surface area contributed by atoms with E-state index < -0.39 is 22.5 Å². The second-order valence-electron chi connectivity index (χ2n) is 7.60. The van der Waals surface area contributed by atoms with Crippen LogP contribution in [0.3, 0.4) is 0 Å². The molecule has 1 N–H and O–H groups in total. The van der Waals surface area contributed by atoms with Crippen LogP contribution in [0, 0.1) is 0 Å². The van der Waals surface area contributed by atoms with Crippen LogP contribution in [0.5, 0.6) is 5.75 Å². The van der Waals surface area contributed by atoms with Crippen LogP contribution in [0.1, 0.15) is 0 Å². The Morgan fingerprint density at radius 3 is 2.40 bits per heavy atom. The lowest BCUT2D eigenvalue weighted by Crippen LogP contribution is -2.42. The quantitative estimate of drug-likeness (QED) is 0.289. The van der Waals surface area contributed by atoms with E-state index >= 15 is 0 Å². The number of sulfonamides is 1. The molecule has 0 fully saturated rings. The van der Waals surface area contributed by atoms with E-state index in [0.29, 0.717) is 10.8 Å². The molecule has 0 saturated heterocycles. The number of hydrogen-bond acceptors (Lipinski definition) is 4. The minimum Gasteiger partial charge on any atom is -0.491 e. The summed E-state index contributed by atoms with van der Waals surface area (Å²) in [5, 5.41) is 5.18. The Bertz CT molecular complexity index is 1440. The number of carbonyl (C=O) groups excluding carboxylic acids is 1. The molecule has 0 atom stereocenters. The molecule has 0 aliphatic carbocycles. The van der Waals surface area contributed by atoms with Crippen molar-refractivity contribution < 1.29 is 17.9 Å². The molecule has 6 nitrogen and oxygen atoms in total. The highest BCUT2D eigenvalue weighted by Gasteiger charge is 2.28. The Hall–Kier alpha value is -3.26. The molecule has 0 aliphatic rings. The third-order valence-electron chi connectivity index (χ3n) is 5.23. The molecule has 0 unspecified atom stereocenters. The molecule has 0 aliphatic heterocycles. The van der Waals surface area contributed by atoms with E-state index in [1.165, 1.54) is 24.3 Å². The fraction of sp³-hybridized carbons (Fsp3) is 0.115. The predicted molar refractivity (Wildman–Crippen MR) is 140 cm³/mol. The number of nitrogens with zero attached hydrogens (tertiary/aromatic N) is 1. The van der Waals surface area contributed by atoms with Crippen LogP contribution >= 0.6 is 23.2 Å². The van der Waals surface area contributed by atoms with E-state index in [0.717, 1.165) is 15.1 Å². The van der Waals surface area contributed by atoms with Gasteiger partial charge in [-0.2, -0.15) is 0 Å². The first-order chi connectivity index (χ1) is 16.9. The third kappa shape index (κ3) is 5.88. The largest absolute Gasteiger partial charge is 0.491 e. The van der Waals surface area contributed by atoms with Gasteiger partial charge in [-0.3, -0.25) is 9.10 Å². The summed E-state index contributed by atoms with van der Waals surface area (Å²) in [6, 6.07) is 25.9. The zero-order chi connectivity index (χ0) is 24.8. The van der Waals surface area contributed by atoms with Crippen molar-refractivity contribution in [2.24, 2.45) is 0 Å². The van der Waals surface area contributed by atoms with Crippen molar-refractivity contribution in [3.63, 3.8) is 0 Å². The minimum absolute atomic E-state index is 0.0307. The summed E-state index contributed by atoms with van der Waals surface area (Å²) in [7, 11) is -4.09. The van der Waals surface area contributed by atoms with E-state index in [4.69, 9.17) is 27.9 Å². The second-order valence-corrected chi connectivity index (χ2v) is 10.3. The summed E-state index contributed by atoms with van der Waals surface area (Å²) in [6.07, 6.45) is 0. The van der Waals surface area contributed by atoms with Crippen LogP contribution in [0.2, 0.25) is 10.0 Å². The van der Waals surface area contributed by atoms with Crippen LogP contribution in [-0.4, -0.2) is 34.0 Å². The van der Waals surface area contributed by atoms with Crippen LogP contribution < -0.4 is 14.4 Å². The molecule has 0 radical (unpaired) electrons. The van der Waals surface area contributed by atoms with Crippen LogP contribution in [0.15, 0.2) is 95.9 Å². The number of benzene rings is 4. The van der Waals surface area contributed by atoms with Gasteiger partial charge in [0.25, 0.3) is 10.0 Å². The Kier molecular flexibility index (Phi) is 7.80. The normalized spacial score (nSPS) is 11.3. The molecule has 0 bridgehead atoms. The van der Waals surface area contributed by atoms with Crippen molar-refractivity contribution in [3.8, 4) is 5.75 Å². The Morgan fingerprint density at radius 2 is 1.60 bits per heavy atom. The lowest BCUT2D eigenvalue weighted by molar-refractivity contribution is -0.119. The molecule has 4 aromatic carbocycles. The second kappa shape index (κ2) is 11.0. The molecule has 4 rings (SSSR count). The molecule has 1 amide bonds. The van der Waals surface area contributed by atoms with Crippen LogP contribution in [0.25, 0.3) is 10.8 Å². The number of ether oxygens (including phenoxy) is 1. The van der Waals surface area contributed by atoms with E-state index in [1.807, 2.05) is 42.5 Å². The first-order valence-electron chi connectivity index (χ1n) is 10.8. The SMILES string of the molecule is O=C(CN(c1cc(Cl)ccc1Cl)S(=O)(=O)c1ccccc1)NCCOc1cccc2ccccc12. The van der Waals surface area contributed by atoms with E-state index in [1.54, 1.807) is 24.3 Å². The summed E-state index contributed by atoms with van der Waals surface area (Å²) in [6.45, 7) is -0.0841. The summed E-state index contributed by atoms with van der Waals surface area (Å²) >= 11 is 12.4. The molecule has 0 aromatic heterocycles. The topological polar surface area (TPSA) is 75.7 Å². The zero-order valence-corrected chi connectivity index (χ0v) is 20.9. The van der Waals surface area contributed by atoms with Crippen LogP contribution in [-0.2, 0) is 14.8 Å². The van der Waals surface area contributed by atoms with Crippen molar-refractivity contribution in [2.75, 3.05) is 24.0 Å². The van der Waals surface area contributed by atoms with Crippen molar-refractivity contribution in [2.45, 2.75) is 4.90 Å². The van der Waals surface area contributed by atoms with Crippen molar-refractivity contribution >= 4 is 55.6 Å². The average Bonchev–Trinajstić information content (AvgIpc) is 2.87. The molecular formula is C26H22Cl2N2O4S.